The van der Waals surface area contributed by atoms with E-state index < -0.39 is 11.9 Å². The molecule has 23 heavy (non-hydrogen) atoms. The number of amides is 1. The fraction of sp³-hybridized carbons (Fsp3) is 0.333. The summed E-state index contributed by atoms with van der Waals surface area (Å²) in [5.74, 6) is -0.931. The third-order valence-corrected chi connectivity index (χ3v) is 4.32. The highest BCUT2D eigenvalue weighted by Crippen LogP contribution is 2.28. The van der Waals surface area contributed by atoms with Crippen LogP contribution in [0.4, 0.5) is 4.39 Å². The van der Waals surface area contributed by atoms with Crippen molar-refractivity contribution >= 4 is 5.91 Å². The summed E-state index contributed by atoms with van der Waals surface area (Å²) in [4.78, 5) is 17.9. The number of benzene rings is 1. The number of aliphatic hydroxyl groups excluding tert-OH is 1. The molecule has 4 nitrogen and oxygen atoms in total. The van der Waals surface area contributed by atoms with Crippen molar-refractivity contribution < 1.29 is 14.3 Å². The van der Waals surface area contributed by atoms with Crippen LogP contribution < -0.4 is 0 Å². The summed E-state index contributed by atoms with van der Waals surface area (Å²) < 4.78 is 13.8. The van der Waals surface area contributed by atoms with E-state index in [2.05, 4.69) is 4.98 Å². The van der Waals surface area contributed by atoms with E-state index in [9.17, 15) is 14.3 Å². The number of carbonyl (C=O) groups is 1. The van der Waals surface area contributed by atoms with Crippen molar-refractivity contribution in [1.29, 1.82) is 0 Å². The fourth-order valence-corrected chi connectivity index (χ4v) is 3.12. The van der Waals surface area contributed by atoms with Gasteiger partial charge in [0.2, 0.25) is 0 Å². The molecule has 1 saturated heterocycles. The van der Waals surface area contributed by atoms with Crippen LogP contribution in [0, 0.1) is 5.82 Å². The van der Waals surface area contributed by atoms with Crippen LogP contribution >= 0.6 is 0 Å². The van der Waals surface area contributed by atoms with Crippen LogP contribution in [0.15, 0.2) is 48.8 Å². The highest BCUT2D eigenvalue weighted by Gasteiger charge is 2.32. The van der Waals surface area contributed by atoms with Gasteiger partial charge < -0.3 is 10.0 Å². The van der Waals surface area contributed by atoms with Crippen LogP contribution in [0.1, 0.15) is 41.3 Å². The first-order chi connectivity index (χ1) is 11.2. The van der Waals surface area contributed by atoms with Crippen LogP contribution in [0.5, 0.6) is 0 Å². The molecule has 1 aliphatic rings. The third-order valence-electron chi connectivity index (χ3n) is 4.32. The molecule has 1 N–H and O–H groups in total. The SMILES string of the molecule is O=C(c1ccncc1F)N1CCC[C@H]1C[C@@H](O)c1ccccc1. The number of rotatable bonds is 4. The summed E-state index contributed by atoms with van der Waals surface area (Å²) in [6.07, 6.45) is 3.99. The molecule has 120 valence electrons. The maximum Gasteiger partial charge on any atom is 0.257 e. The smallest absolute Gasteiger partial charge is 0.257 e. The van der Waals surface area contributed by atoms with Gasteiger partial charge >= 0.3 is 0 Å². The lowest BCUT2D eigenvalue weighted by Crippen LogP contribution is -2.37. The van der Waals surface area contributed by atoms with Crippen molar-refractivity contribution in [2.24, 2.45) is 0 Å². The molecule has 0 bridgehead atoms. The van der Waals surface area contributed by atoms with Crippen molar-refractivity contribution in [2.75, 3.05) is 6.54 Å². The monoisotopic (exact) mass is 314 g/mol. The second-order valence-corrected chi connectivity index (χ2v) is 5.81. The van der Waals surface area contributed by atoms with Crippen molar-refractivity contribution in [3.63, 3.8) is 0 Å². The van der Waals surface area contributed by atoms with Gasteiger partial charge in [-0.2, -0.15) is 0 Å². The number of aliphatic hydroxyl groups is 1. The molecule has 0 radical (unpaired) electrons. The summed E-state index contributed by atoms with van der Waals surface area (Å²) in [6.45, 7) is 0.590. The molecule has 5 heteroatoms. The van der Waals surface area contributed by atoms with Crippen molar-refractivity contribution in [1.82, 2.24) is 9.88 Å². The maximum atomic E-state index is 13.8. The number of aromatic nitrogens is 1. The summed E-state index contributed by atoms with van der Waals surface area (Å²) >= 11 is 0. The predicted octanol–water partition coefficient (Wildman–Crippen LogP) is 2.95. The molecule has 0 saturated carbocycles. The van der Waals surface area contributed by atoms with E-state index in [0.29, 0.717) is 13.0 Å². The first-order valence-electron chi connectivity index (χ1n) is 7.80. The van der Waals surface area contributed by atoms with Crippen LogP contribution in [-0.4, -0.2) is 33.5 Å². The summed E-state index contributed by atoms with van der Waals surface area (Å²) in [5, 5.41) is 10.4. The molecule has 2 aromatic rings. The van der Waals surface area contributed by atoms with E-state index in [-0.39, 0.29) is 17.5 Å². The zero-order valence-corrected chi connectivity index (χ0v) is 12.7. The van der Waals surface area contributed by atoms with E-state index in [1.165, 1.54) is 12.3 Å². The normalized spacial score (nSPS) is 18.9. The van der Waals surface area contributed by atoms with E-state index >= 15 is 0 Å². The van der Waals surface area contributed by atoms with Crippen LogP contribution in [-0.2, 0) is 0 Å². The Morgan fingerprint density at radius 2 is 2.13 bits per heavy atom. The van der Waals surface area contributed by atoms with E-state index in [1.807, 2.05) is 30.3 Å². The van der Waals surface area contributed by atoms with E-state index in [4.69, 9.17) is 0 Å². The van der Waals surface area contributed by atoms with E-state index in [1.54, 1.807) is 4.90 Å². The van der Waals surface area contributed by atoms with Crippen LogP contribution in [0.25, 0.3) is 0 Å². The van der Waals surface area contributed by atoms with Gasteiger partial charge in [-0.05, 0) is 30.9 Å². The number of halogens is 1. The zero-order chi connectivity index (χ0) is 16.2. The topological polar surface area (TPSA) is 53.4 Å². The molecule has 1 amide bonds. The average molecular weight is 314 g/mol. The molecule has 1 aliphatic heterocycles. The molecule has 1 aromatic carbocycles. The summed E-state index contributed by atoms with van der Waals surface area (Å²) in [5.41, 5.74) is 0.878. The highest BCUT2D eigenvalue weighted by molar-refractivity contribution is 5.94. The van der Waals surface area contributed by atoms with Crippen LogP contribution in [0.3, 0.4) is 0 Å². The molecule has 0 aliphatic carbocycles. The lowest BCUT2D eigenvalue weighted by Gasteiger charge is -2.27. The Morgan fingerprint density at radius 3 is 2.87 bits per heavy atom. The number of nitrogens with zero attached hydrogens (tertiary/aromatic N) is 2. The van der Waals surface area contributed by atoms with Crippen molar-refractivity contribution in [2.45, 2.75) is 31.4 Å². The second kappa shape index (κ2) is 6.87. The third kappa shape index (κ3) is 3.40. The van der Waals surface area contributed by atoms with Gasteiger partial charge in [0, 0.05) is 18.8 Å². The predicted molar refractivity (Wildman–Crippen MR) is 84.3 cm³/mol. The van der Waals surface area contributed by atoms with Crippen LogP contribution in [0.2, 0.25) is 0 Å². The minimum absolute atomic E-state index is 0.0427. The lowest BCUT2D eigenvalue weighted by atomic mass is 10.0. The zero-order valence-electron chi connectivity index (χ0n) is 12.7. The van der Waals surface area contributed by atoms with Crippen molar-refractivity contribution in [3.8, 4) is 0 Å². The van der Waals surface area contributed by atoms with Crippen molar-refractivity contribution in [3.05, 3.63) is 65.7 Å². The number of pyridine rings is 1. The minimum atomic E-state index is -0.628. The van der Waals surface area contributed by atoms with Gasteiger partial charge in [-0.15, -0.1) is 0 Å². The second-order valence-electron chi connectivity index (χ2n) is 5.81. The highest BCUT2D eigenvalue weighted by atomic mass is 19.1. The van der Waals surface area contributed by atoms with Gasteiger partial charge in [0.05, 0.1) is 17.9 Å². The first kappa shape index (κ1) is 15.6. The standard InChI is InChI=1S/C18H19FN2O2/c19-16-12-20-9-8-15(16)18(23)21-10-4-7-14(21)11-17(22)13-5-2-1-3-6-13/h1-3,5-6,8-9,12,14,17,22H,4,7,10-11H2/t14-,17+/m0/s1. The number of hydrogen-bond acceptors (Lipinski definition) is 3. The number of hydrogen-bond donors (Lipinski definition) is 1. The Labute approximate surface area is 134 Å². The molecule has 1 fully saturated rings. The largest absolute Gasteiger partial charge is 0.388 e. The molecule has 0 spiro atoms. The Hall–Kier alpha value is -2.27. The lowest BCUT2D eigenvalue weighted by molar-refractivity contribution is 0.0662. The average Bonchev–Trinajstić information content (AvgIpc) is 3.03. The van der Waals surface area contributed by atoms with Gasteiger partial charge in [-0.1, -0.05) is 30.3 Å². The molecule has 1 aromatic heterocycles. The van der Waals surface area contributed by atoms with Gasteiger partial charge in [0.25, 0.3) is 5.91 Å². The molecular weight excluding hydrogens is 295 g/mol. The molecular formula is C18H19FN2O2. The number of likely N-dealkylation sites (tertiary alicyclic amines) is 1. The number of carbonyl (C=O) groups excluding carboxylic acids is 1. The molecule has 3 rings (SSSR count). The summed E-state index contributed by atoms with van der Waals surface area (Å²) in [6, 6.07) is 10.7. The fourth-order valence-electron chi connectivity index (χ4n) is 3.12. The minimum Gasteiger partial charge on any atom is -0.388 e. The Balaban J connectivity index is 1.73. The Bertz CT molecular complexity index is 678. The molecule has 2 atom stereocenters. The first-order valence-corrected chi connectivity index (χ1v) is 7.80. The summed E-state index contributed by atoms with van der Waals surface area (Å²) in [7, 11) is 0. The van der Waals surface area contributed by atoms with Gasteiger partial charge in [-0.3, -0.25) is 9.78 Å². The van der Waals surface area contributed by atoms with Gasteiger partial charge in [0.1, 0.15) is 0 Å². The maximum absolute atomic E-state index is 13.8. The Kier molecular flexibility index (Phi) is 4.67. The Morgan fingerprint density at radius 1 is 1.35 bits per heavy atom. The van der Waals surface area contributed by atoms with Gasteiger partial charge in [-0.25, -0.2) is 4.39 Å². The molecule has 0 unspecified atom stereocenters. The van der Waals surface area contributed by atoms with E-state index in [0.717, 1.165) is 24.6 Å². The quantitative estimate of drug-likeness (QED) is 0.944. The molecule has 2 heterocycles. The van der Waals surface area contributed by atoms with Gasteiger partial charge in [0.15, 0.2) is 5.82 Å².